The van der Waals surface area contributed by atoms with Crippen LogP contribution in [0.25, 0.3) is 21.8 Å². The Morgan fingerprint density at radius 1 is 1.12 bits per heavy atom. The molecule has 0 atom stereocenters. The largest absolute Gasteiger partial charge is 0.280 e. The minimum absolute atomic E-state index is 0.0254. The number of fused-ring (bicyclic) bond motifs is 3. The first kappa shape index (κ1) is 9.09. The minimum atomic E-state index is 0.0254. The molecule has 78 valence electrons. The summed E-state index contributed by atoms with van der Waals surface area (Å²) in [6.07, 6.45) is 3.51. The summed E-state index contributed by atoms with van der Waals surface area (Å²) >= 11 is 0. The normalized spacial score (nSPS) is 11.1. The first-order valence-corrected chi connectivity index (χ1v) is 5.13. The Labute approximate surface area is 92.3 Å². The first-order chi connectivity index (χ1) is 7.79. The fraction of sp³-hybridized carbons (Fsp3) is 0.0769. The molecule has 3 nitrogen and oxygen atoms in total. The molecule has 3 heteroatoms. The first-order valence-electron chi connectivity index (χ1n) is 5.13. The molecular weight excluding hydrogens is 200 g/mol. The molecule has 0 bridgehead atoms. The maximum absolute atomic E-state index is 11.7. The van der Waals surface area contributed by atoms with Gasteiger partial charge in [-0.3, -0.25) is 14.3 Å². The van der Waals surface area contributed by atoms with Gasteiger partial charge < -0.3 is 0 Å². The summed E-state index contributed by atoms with van der Waals surface area (Å²) in [6.45, 7) is 1.58. The van der Waals surface area contributed by atoms with Crippen LogP contribution in [0.3, 0.4) is 0 Å². The molecule has 0 saturated carbocycles. The van der Waals surface area contributed by atoms with E-state index in [0.717, 1.165) is 21.8 Å². The van der Waals surface area contributed by atoms with Crippen LogP contribution in [0, 0.1) is 0 Å². The zero-order valence-electron chi connectivity index (χ0n) is 8.84. The second kappa shape index (κ2) is 3.17. The molecule has 3 aromatic rings. The predicted octanol–water partition coefficient (Wildman–Crippen LogP) is 2.85. The highest BCUT2D eigenvalue weighted by Gasteiger charge is 2.11. The van der Waals surface area contributed by atoms with Gasteiger partial charge in [-0.2, -0.15) is 0 Å². The molecule has 0 N–H and O–H groups in total. The molecule has 0 spiro atoms. The molecule has 0 aliphatic rings. The van der Waals surface area contributed by atoms with E-state index >= 15 is 0 Å². The molecule has 0 aliphatic heterocycles. The smallest absolute Gasteiger partial charge is 0.228 e. The van der Waals surface area contributed by atoms with Gasteiger partial charge in [0, 0.05) is 30.1 Å². The monoisotopic (exact) mass is 210 g/mol. The third-order valence-electron chi connectivity index (χ3n) is 2.79. The van der Waals surface area contributed by atoms with E-state index in [4.69, 9.17) is 0 Å². The van der Waals surface area contributed by atoms with Gasteiger partial charge in [-0.25, -0.2) is 0 Å². The lowest BCUT2D eigenvalue weighted by atomic mass is 10.2. The number of carbonyl (C=O) groups excluding carboxylic acids is 1. The molecule has 3 rings (SSSR count). The summed E-state index contributed by atoms with van der Waals surface area (Å²) < 4.78 is 1.73. The van der Waals surface area contributed by atoms with Crippen LogP contribution < -0.4 is 0 Å². The van der Waals surface area contributed by atoms with Crippen molar-refractivity contribution < 1.29 is 4.79 Å². The maximum atomic E-state index is 11.7. The zero-order valence-corrected chi connectivity index (χ0v) is 8.84. The van der Waals surface area contributed by atoms with Crippen LogP contribution in [-0.2, 0) is 0 Å². The molecule has 16 heavy (non-hydrogen) atoms. The van der Waals surface area contributed by atoms with Crippen molar-refractivity contribution in [1.29, 1.82) is 0 Å². The SMILES string of the molecule is CC(=O)n1c2ccccc2c2cnccc21. The number of pyridine rings is 1. The van der Waals surface area contributed by atoms with E-state index < -0.39 is 0 Å². The van der Waals surface area contributed by atoms with Crippen LogP contribution in [0.15, 0.2) is 42.7 Å². The zero-order chi connectivity index (χ0) is 11.1. The van der Waals surface area contributed by atoms with Crippen molar-refractivity contribution in [3.8, 4) is 0 Å². The highest BCUT2D eigenvalue weighted by molar-refractivity contribution is 6.12. The Hall–Kier alpha value is -2.16. The third-order valence-corrected chi connectivity index (χ3v) is 2.79. The lowest BCUT2D eigenvalue weighted by molar-refractivity contribution is 0.0946. The van der Waals surface area contributed by atoms with Crippen molar-refractivity contribution in [3.63, 3.8) is 0 Å². The van der Waals surface area contributed by atoms with Crippen LogP contribution >= 0.6 is 0 Å². The Kier molecular flexibility index (Phi) is 1.80. The molecule has 0 radical (unpaired) electrons. The van der Waals surface area contributed by atoms with Crippen molar-refractivity contribution in [1.82, 2.24) is 9.55 Å². The second-order valence-corrected chi connectivity index (χ2v) is 3.76. The Bertz CT molecular complexity index is 644. The van der Waals surface area contributed by atoms with Gasteiger partial charge in [0.1, 0.15) is 0 Å². The van der Waals surface area contributed by atoms with Gasteiger partial charge in [-0.05, 0) is 12.1 Å². The molecule has 2 aromatic heterocycles. The summed E-state index contributed by atoms with van der Waals surface area (Å²) in [4.78, 5) is 15.8. The van der Waals surface area contributed by atoms with E-state index in [2.05, 4.69) is 4.98 Å². The lowest BCUT2D eigenvalue weighted by Crippen LogP contribution is -2.04. The van der Waals surface area contributed by atoms with Gasteiger partial charge in [0.25, 0.3) is 0 Å². The lowest BCUT2D eigenvalue weighted by Gasteiger charge is -2.00. The number of hydrogen-bond donors (Lipinski definition) is 0. The summed E-state index contributed by atoms with van der Waals surface area (Å²) in [5.74, 6) is 0.0254. The van der Waals surface area contributed by atoms with Crippen LogP contribution in [0.1, 0.15) is 11.7 Å². The topological polar surface area (TPSA) is 34.9 Å². The van der Waals surface area contributed by atoms with E-state index in [1.54, 1.807) is 23.9 Å². The number of carbonyl (C=O) groups is 1. The van der Waals surface area contributed by atoms with Gasteiger partial charge in [0.2, 0.25) is 5.91 Å². The van der Waals surface area contributed by atoms with Crippen LogP contribution in [0.5, 0.6) is 0 Å². The summed E-state index contributed by atoms with van der Waals surface area (Å²) in [6, 6.07) is 9.75. The number of hydrogen-bond acceptors (Lipinski definition) is 2. The van der Waals surface area contributed by atoms with E-state index in [0.29, 0.717) is 0 Å². The van der Waals surface area contributed by atoms with Crippen molar-refractivity contribution >= 4 is 27.7 Å². The van der Waals surface area contributed by atoms with E-state index in [1.807, 2.05) is 30.3 Å². The van der Waals surface area contributed by atoms with Crippen molar-refractivity contribution in [3.05, 3.63) is 42.7 Å². The van der Waals surface area contributed by atoms with E-state index in [9.17, 15) is 4.79 Å². The quantitative estimate of drug-likeness (QED) is 0.571. The molecule has 0 amide bonds. The summed E-state index contributed by atoms with van der Waals surface area (Å²) in [5.41, 5.74) is 1.86. The maximum Gasteiger partial charge on any atom is 0.228 e. The molecule has 2 heterocycles. The fourth-order valence-corrected chi connectivity index (χ4v) is 2.16. The number of para-hydroxylation sites is 1. The number of rotatable bonds is 0. The van der Waals surface area contributed by atoms with Crippen molar-refractivity contribution in [2.24, 2.45) is 0 Å². The van der Waals surface area contributed by atoms with Gasteiger partial charge in [0.15, 0.2) is 0 Å². The standard InChI is InChI=1S/C13H10N2O/c1-9(16)15-12-5-3-2-4-10(12)11-8-14-7-6-13(11)15/h2-8H,1H3. The van der Waals surface area contributed by atoms with Crippen molar-refractivity contribution in [2.75, 3.05) is 0 Å². The van der Waals surface area contributed by atoms with Crippen LogP contribution in [0.2, 0.25) is 0 Å². The Morgan fingerprint density at radius 3 is 2.69 bits per heavy atom. The van der Waals surface area contributed by atoms with Crippen LogP contribution in [0.4, 0.5) is 0 Å². The highest BCUT2D eigenvalue weighted by Crippen LogP contribution is 2.27. The molecule has 0 aliphatic carbocycles. The Balaban J connectivity index is 2.64. The number of benzene rings is 1. The average molecular weight is 210 g/mol. The van der Waals surface area contributed by atoms with Crippen LogP contribution in [-0.4, -0.2) is 15.5 Å². The van der Waals surface area contributed by atoms with Gasteiger partial charge in [-0.1, -0.05) is 18.2 Å². The molecule has 0 unspecified atom stereocenters. The third kappa shape index (κ3) is 1.08. The molecule has 0 saturated heterocycles. The van der Waals surface area contributed by atoms with E-state index in [1.165, 1.54) is 0 Å². The van der Waals surface area contributed by atoms with E-state index in [-0.39, 0.29) is 5.91 Å². The molecular formula is C13H10N2O. The molecule has 0 fully saturated rings. The Morgan fingerprint density at radius 2 is 1.88 bits per heavy atom. The minimum Gasteiger partial charge on any atom is -0.280 e. The number of nitrogens with zero attached hydrogens (tertiary/aromatic N) is 2. The number of aromatic nitrogens is 2. The van der Waals surface area contributed by atoms with Crippen molar-refractivity contribution in [2.45, 2.75) is 6.92 Å². The molecule has 1 aromatic carbocycles. The van der Waals surface area contributed by atoms with Gasteiger partial charge in [-0.15, -0.1) is 0 Å². The predicted molar refractivity (Wildman–Crippen MR) is 63.5 cm³/mol. The fourth-order valence-electron chi connectivity index (χ4n) is 2.16. The van der Waals surface area contributed by atoms with Gasteiger partial charge >= 0.3 is 0 Å². The second-order valence-electron chi connectivity index (χ2n) is 3.76. The summed E-state index contributed by atoms with van der Waals surface area (Å²) in [7, 11) is 0. The average Bonchev–Trinajstić information content (AvgIpc) is 2.63. The van der Waals surface area contributed by atoms with Gasteiger partial charge in [0.05, 0.1) is 11.0 Å². The summed E-state index contributed by atoms with van der Waals surface area (Å²) in [5, 5.41) is 2.09. The highest BCUT2D eigenvalue weighted by atomic mass is 16.1.